The van der Waals surface area contributed by atoms with Crippen LogP contribution in [0.3, 0.4) is 0 Å². The molecule has 0 spiro atoms. The number of ether oxygens (including phenoxy) is 1. The molecule has 0 fully saturated rings. The van der Waals surface area contributed by atoms with E-state index in [9.17, 15) is 8.42 Å². The van der Waals surface area contributed by atoms with E-state index in [1.165, 1.54) is 0 Å². The van der Waals surface area contributed by atoms with E-state index in [-0.39, 0.29) is 10.2 Å². The minimum absolute atomic E-state index is 0.127. The SMILES string of the molecule is CS(=O)(=O)c1nc2cc(OCc3ccccc3)ccc2nc1Cl. The van der Waals surface area contributed by atoms with Gasteiger partial charge in [-0.15, -0.1) is 0 Å². The standard InChI is InChI=1S/C16H13ClN2O3S/c1-23(20,21)16-15(17)18-13-8-7-12(9-14(13)19-16)22-10-11-5-3-2-4-6-11/h2-9H,10H2,1H3. The van der Waals surface area contributed by atoms with E-state index in [0.29, 0.717) is 23.4 Å². The monoisotopic (exact) mass is 348 g/mol. The van der Waals surface area contributed by atoms with Crippen molar-refractivity contribution in [2.45, 2.75) is 11.6 Å². The number of benzene rings is 2. The van der Waals surface area contributed by atoms with Crippen LogP contribution in [0.2, 0.25) is 5.15 Å². The number of rotatable bonds is 4. The molecule has 7 heteroatoms. The van der Waals surface area contributed by atoms with Crippen LogP contribution in [0.4, 0.5) is 0 Å². The Balaban J connectivity index is 1.93. The quantitative estimate of drug-likeness (QED) is 0.723. The Morgan fingerprint density at radius 2 is 1.78 bits per heavy atom. The molecule has 3 aromatic rings. The molecule has 1 heterocycles. The first-order valence-corrected chi connectivity index (χ1v) is 9.04. The Morgan fingerprint density at radius 1 is 1.04 bits per heavy atom. The lowest BCUT2D eigenvalue weighted by Crippen LogP contribution is -2.04. The lowest BCUT2D eigenvalue weighted by molar-refractivity contribution is 0.306. The average molecular weight is 349 g/mol. The van der Waals surface area contributed by atoms with Crippen LogP contribution >= 0.6 is 11.6 Å². The van der Waals surface area contributed by atoms with Crippen LogP contribution in [-0.4, -0.2) is 24.6 Å². The lowest BCUT2D eigenvalue weighted by atomic mass is 10.2. The summed E-state index contributed by atoms with van der Waals surface area (Å²) in [5.74, 6) is 0.581. The minimum atomic E-state index is -3.54. The third-order valence-corrected chi connectivity index (χ3v) is 4.53. The van der Waals surface area contributed by atoms with Crippen molar-refractivity contribution < 1.29 is 13.2 Å². The molecule has 0 bridgehead atoms. The highest BCUT2D eigenvalue weighted by molar-refractivity contribution is 7.90. The van der Waals surface area contributed by atoms with Gasteiger partial charge < -0.3 is 4.74 Å². The third kappa shape index (κ3) is 3.60. The molecular formula is C16H13ClN2O3S. The smallest absolute Gasteiger partial charge is 0.195 e. The summed E-state index contributed by atoms with van der Waals surface area (Å²) in [6, 6.07) is 14.8. The van der Waals surface area contributed by atoms with Crippen LogP contribution in [0.25, 0.3) is 11.0 Å². The van der Waals surface area contributed by atoms with Crippen molar-refractivity contribution in [3.8, 4) is 5.75 Å². The third-order valence-electron chi connectivity index (χ3n) is 3.16. The summed E-state index contributed by atoms with van der Waals surface area (Å²) in [6.45, 7) is 0.409. The molecule has 0 aliphatic heterocycles. The van der Waals surface area contributed by atoms with E-state index in [0.717, 1.165) is 11.8 Å². The predicted octanol–water partition coefficient (Wildman–Crippen LogP) is 3.27. The molecule has 0 unspecified atom stereocenters. The maximum atomic E-state index is 11.7. The molecule has 0 N–H and O–H groups in total. The zero-order valence-electron chi connectivity index (χ0n) is 12.2. The molecular weight excluding hydrogens is 336 g/mol. The zero-order chi connectivity index (χ0) is 16.4. The summed E-state index contributed by atoms with van der Waals surface area (Å²) in [7, 11) is -3.54. The van der Waals surface area contributed by atoms with Crippen LogP contribution in [0.5, 0.6) is 5.75 Å². The maximum Gasteiger partial charge on any atom is 0.195 e. The van der Waals surface area contributed by atoms with Gasteiger partial charge in [-0.3, -0.25) is 0 Å². The van der Waals surface area contributed by atoms with Crippen molar-refractivity contribution in [3.63, 3.8) is 0 Å². The van der Waals surface area contributed by atoms with Crippen molar-refractivity contribution in [3.05, 3.63) is 59.2 Å². The first kappa shape index (κ1) is 15.7. The molecule has 2 aromatic carbocycles. The van der Waals surface area contributed by atoms with E-state index < -0.39 is 9.84 Å². The highest BCUT2D eigenvalue weighted by atomic mass is 35.5. The molecule has 0 saturated carbocycles. The second-order valence-corrected chi connectivity index (χ2v) is 7.31. The number of hydrogen-bond donors (Lipinski definition) is 0. The summed E-state index contributed by atoms with van der Waals surface area (Å²) < 4.78 is 29.1. The summed E-state index contributed by atoms with van der Waals surface area (Å²) >= 11 is 5.88. The maximum absolute atomic E-state index is 11.7. The first-order chi connectivity index (χ1) is 10.9. The van der Waals surface area contributed by atoms with E-state index in [1.807, 2.05) is 30.3 Å². The Hall–Kier alpha value is -2.18. The highest BCUT2D eigenvalue weighted by Gasteiger charge is 2.17. The van der Waals surface area contributed by atoms with Gasteiger partial charge in [-0.25, -0.2) is 18.4 Å². The molecule has 0 radical (unpaired) electrons. The fourth-order valence-electron chi connectivity index (χ4n) is 2.06. The van der Waals surface area contributed by atoms with Gasteiger partial charge >= 0.3 is 0 Å². The molecule has 5 nitrogen and oxygen atoms in total. The number of fused-ring (bicyclic) bond motifs is 1. The summed E-state index contributed by atoms with van der Waals surface area (Å²) in [4.78, 5) is 8.17. The molecule has 3 rings (SSSR count). The van der Waals surface area contributed by atoms with Crippen LogP contribution in [0.15, 0.2) is 53.6 Å². The van der Waals surface area contributed by atoms with Crippen molar-refractivity contribution in [2.24, 2.45) is 0 Å². The topological polar surface area (TPSA) is 69.2 Å². The summed E-state index contributed by atoms with van der Waals surface area (Å²) in [6.07, 6.45) is 1.05. The fraction of sp³-hybridized carbons (Fsp3) is 0.125. The van der Waals surface area contributed by atoms with Crippen molar-refractivity contribution >= 4 is 32.5 Å². The molecule has 0 saturated heterocycles. The zero-order valence-corrected chi connectivity index (χ0v) is 13.8. The molecule has 0 aliphatic rings. The van der Waals surface area contributed by atoms with Crippen LogP contribution in [0.1, 0.15) is 5.56 Å². The Morgan fingerprint density at radius 3 is 2.48 bits per heavy atom. The summed E-state index contributed by atoms with van der Waals surface area (Å²) in [5.41, 5.74) is 1.96. The Labute approximate surface area is 138 Å². The van der Waals surface area contributed by atoms with E-state index in [2.05, 4.69) is 9.97 Å². The molecule has 0 aliphatic carbocycles. The van der Waals surface area contributed by atoms with E-state index in [1.54, 1.807) is 18.2 Å². The van der Waals surface area contributed by atoms with Gasteiger partial charge in [0.25, 0.3) is 0 Å². The predicted molar refractivity (Wildman–Crippen MR) is 88.4 cm³/mol. The van der Waals surface area contributed by atoms with E-state index in [4.69, 9.17) is 16.3 Å². The van der Waals surface area contributed by atoms with Gasteiger partial charge in [0.15, 0.2) is 20.0 Å². The first-order valence-electron chi connectivity index (χ1n) is 6.77. The average Bonchev–Trinajstić information content (AvgIpc) is 2.52. The Bertz CT molecular complexity index is 960. The molecule has 23 heavy (non-hydrogen) atoms. The fourth-order valence-corrected chi connectivity index (χ4v) is 3.23. The molecule has 0 amide bonds. The van der Waals surface area contributed by atoms with Gasteiger partial charge in [-0.2, -0.15) is 0 Å². The van der Waals surface area contributed by atoms with E-state index >= 15 is 0 Å². The highest BCUT2D eigenvalue weighted by Crippen LogP contribution is 2.24. The van der Waals surface area contributed by atoms with Gasteiger partial charge in [0.2, 0.25) is 0 Å². The number of nitrogens with zero attached hydrogens (tertiary/aromatic N) is 2. The molecule has 118 valence electrons. The normalized spacial score (nSPS) is 11.6. The second kappa shape index (κ2) is 6.14. The van der Waals surface area contributed by atoms with Crippen molar-refractivity contribution in [1.82, 2.24) is 9.97 Å². The lowest BCUT2D eigenvalue weighted by Gasteiger charge is -2.08. The van der Waals surface area contributed by atoms with Gasteiger partial charge in [0.1, 0.15) is 12.4 Å². The van der Waals surface area contributed by atoms with Crippen LogP contribution in [0, 0.1) is 0 Å². The van der Waals surface area contributed by atoms with Crippen LogP contribution in [-0.2, 0) is 16.4 Å². The van der Waals surface area contributed by atoms with Gasteiger partial charge in [-0.05, 0) is 17.7 Å². The molecule has 0 atom stereocenters. The summed E-state index contributed by atoms with van der Waals surface area (Å²) in [5, 5.41) is -0.357. The minimum Gasteiger partial charge on any atom is -0.489 e. The Kier molecular flexibility index (Phi) is 4.19. The molecule has 1 aromatic heterocycles. The van der Waals surface area contributed by atoms with Crippen molar-refractivity contribution in [2.75, 3.05) is 6.26 Å². The largest absolute Gasteiger partial charge is 0.489 e. The van der Waals surface area contributed by atoms with Gasteiger partial charge in [0, 0.05) is 12.3 Å². The number of aromatic nitrogens is 2. The number of halogens is 1. The van der Waals surface area contributed by atoms with Gasteiger partial charge in [0.05, 0.1) is 11.0 Å². The second-order valence-electron chi connectivity index (χ2n) is 5.02. The number of sulfone groups is 1. The van der Waals surface area contributed by atoms with Crippen molar-refractivity contribution in [1.29, 1.82) is 0 Å². The van der Waals surface area contributed by atoms with Gasteiger partial charge in [-0.1, -0.05) is 41.9 Å². The van der Waals surface area contributed by atoms with Crippen LogP contribution < -0.4 is 4.74 Å². The number of hydrogen-bond acceptors (Lipinski definition) is 5.